The highest BCUT2D eigenvalue weighted by molar-refractivity contribution is 5.13. The van der Waals surface area contributed by atoms with Crippen LogP contribution in [0.1, 0.15) is 30.8 Å². The van der Waals surface area contributed by atoms with Crippen molar-refractivity contribution in [3.05, 3.63) is 36.5 Å². The van der Waals surface area contributed by atoms with E-state index in [1.165, 1.54) is 17.0 Å². The van der Waals surface area contributed by atoms with Crippen LogP contribution in [0.3, 0.4) is 0 Å². The second kappa shape index (κ2) is 6.64. The fraction of sp³-hybridized carbons (Fsp3) is 0.500. The van der Waals surface area contributed by atoms with Crippen molar-refractivity contribution in [1.82, 2.24) is 0 Å². The van der Waals surface area contributed by atoms with Crippen LogP contribution in [0.25, 0.3) is 0 Å². The first-order chi connectivity index (χ1) is 5.61. The molecule has 0 aliphatic rings. The van der Waals surface area contributed by atoms with Crippen molar-refractivity contribution < 1.29 is 4.57 Å². The quantitative estimate of drug-likeness (QED) is 0.428. The van der Waals surface area contributed by atoms with Gasteiger partial charge in [-0.3, -0.25) is 0 Å². The van der Waals surface area contributed by atoms with Gasteiger partial charge in [-0.25, -0.2) is 4.57 Å². The Balaban J connectivity index is 0. The third-order valence-corrected chi connectivity index (χ3v) is 1.93. The van der Waals surface area contributed by atoms with Gasteiger partial charge in [0.25, 0.3) is 0 Å². The second-order valence-corrected chi connectivity index (χ2v) is 2.87. The minimum atomic E-state index is 0. The number of aromatic nitrogens is 1. The topological polar surface area (TPSA) is 3.88 Å². The predicted molar refractivity (Wildman–Crippen MR) is 59.6 cm³/mol. The van der Waals surface area contributed by atoms with Crippen molar-refractivity contribution in [3.8, 4) is 0 Å². The van der Waals surface area contributed by atoms with E-state index < -0.39 is 0 Å². The molecule has 1 aromatic rings. The van der Waals surface area contributed by atoms with Crippen LogP contribution >= 0.6 is 0 Å². The second-order valence-electron chi connectivity index (χ2n) is 2.87. The van der Waals surface area contributed by atoms with E-state index in [0.29, 0.717) is 0 Å². The first kappa shape index (κ1) is 14.7. The lowest BCUT2D eigenvalue weighted by Crippen LogP contribution is -2.35. The molecule has 1 heteroatoms. The summed E-state index contributed by atoms with van der Waals surface area (Å²) in [7, 11) is 2.09. The van der Waals surface area contributed by atoms with E-state index >= 15 is 0 Å². The van der Waals surface area contributed by atoms with E-state index in [1.807, 2.05) is 13.8 Å². The van der Waals surface area contributed by atoms with Gasteiger partial charge in [-0.05, 0) is 12.5 Å². The van der Waals surface area contributed by atoms with Crippen LogP contribution in [-0.2, 0) is 7.05 Å². The molecule has 76 valence electrons. The zero-order valence-electron chi connectivity index (χ0n) is 10.1. The highest BCUT2D eigenvalue weighted by Crippen LogP contribution is 1.99. The van der Waals surface area contributed by atoms with Gasteiger partial charge in [0.1, 0.15) is 7.05 Å². The number of hydrogen-bond donors (Lipinski definition) is 0. The number of hydrogen-bond acceptors (Lipinski definition) is 0. The van der Waals surface area contributed by atoms with Crippen LogP contribution in [0.5, 0.6) is 0 Å². The zero-order chi connectivity index (χ0) is 9.72. The Bertz CT molecular complexity index is 228. The van der Waals surface area contributed by atoms with Crippen molar-refractivity contribution >= 4 is 0 Å². The summed E-state index contributed by atoms with van der Waals surface area (Å²) in [5, 5.41) is 0. The van der Waals surface area contributed by atoms with E-state index in [-0.39, 0.29) is 7.43 Å². The van der Waals surface area contributed by atoms with Crippen molar-refractivity contribution in [1.29, 1.82) is 0 Å². The van der Waals surface area contributed by atoms with Crippen LogP contribution < -0.4 is 4.57 Å². The van der Waals surface area contributed by atoms with Crippen molar-refractivity contribution in [2.24, 2.45) is 7.05 Å². The first-order valence-corrected chi connectivity index (χ1v) is 4.55. The Morgan fingerprint density at radius 2 is 1.23 bits per heavy atom. The van der Waals surface area contributed by atoms with E-state index in [0.717, 1.165) is 0 Å². The predicted octanol–water partition coefficient (Wildman–Crippen LogP) is 2.91. The molecule has 1 heterocycles. The third kappa shape index (κ3) is 4.07. The number of nitrogens with zero attached hydrogens (tertiary/aromatic N) is 1. The zero-order valence-corrected chi connectivity index (χ0v) is 10.1. The maximum absolute atomic E-state index is 2.19. The van der Waals surface area contributed by atoms with Gasteiger partial charge < -0.3 is 7.43 Å². The molecule has 0 spiro atoms. The van der Waals surface area contributed by atoms with Gasteiger partial charge in [0.15, 0.2) is 11.4 Å². The minimum Gasteiger partial charge on any atom is -0.358 e. The van der Waals surface area contributed by atoms with Gasteiger partial charge in [0, 0.05) is 26.0 Å². The van der Waals surface area contributed by atoms with E-state index in [2.05, 4.69) is 44.5 Å². The number of rotatable bonds is 0. The monoisotopic (exact) mass is 181 g/mol. The van der Waals surface area contributed by atoms with Crippen LogP contribution in [0.2, 0.25) is 0 Å². The normalized spacial score (nSPS) is 8.15. The van der Waals surface area contributed by atoms with Crippen LogP contribution in [0, 0.1) is 28.2 Å². The molecular weight excluding hydrogens is 158 g/mol. The molecule has 0 aliphatic carbocycles. The highest BCUT2D eigenvalue weighted by Gasteiger charge is 2.03. The molecule has 0 fully saturated rings. The molecule has 0 saturated heterocycles. The molecule has 0 aromatic carbocycles. The number of pyridine rings is 1. The Kier molecular flexibility index (Phi) is 7.49. The lowest BCUT2D eigenvalue weighted by molar-refractivity contribution is -0.683. The molecule has 0 amide bonds. The lowest BCUT2D eigenvalue weighted by Gasteiger charge is -1.98. The summed E-state index contributed by atoms with van der Waals surface area (Å²) in [6.07, 6.45) is 0. The van der Waals surface area contributed by atoms with E-state index in [9.17, 15) is 0 Å². The fourth-order valence-corrected chi connectivity index (χ4v) is 1.17. The van der Waals surface area contributed by atoms with Gasteiger partial charge >= 0.3 is 0 Å². The molecule has 1 rings (SSSR count). The molecule has 1 nitrogen and oxygen atoms in total. The minimum absolute atomic E-state index is 0. The summed E-state index contributed by atoms with van der Waals surface area (Å²) in [4.78, 5) is 0. The maximum Gasteiger partial charge on any atom is 0.178 e. The third-order valence-electron chi connectivity index (χ3n) is 1.93. The van der Waals surface area contributed by atoms with Crippen LogP contribution in [0.4, 0.5) is 0 Å². The molecule has 0 unspecified atom stereocenters. The average Bonchev–Trinajstić information content (AvgIpc) is 2.04. The molecular formula is C12H23N. The fourth-order valence-electron chi connectivity index (χ4n) is 1.17. The van der Waals surface area contributed by atoms with Gasteiger partial charge in [0.2, 0.25) is 0 Å². The molecule has 0 radical (unpaired) electrons. The Hall–Kier alpha value is -0.850. The Morgan fingerprint density at radius 3 is 1.54 bits per heavy atom. The molecule has 0 N–H and O–H groups in total. The van der Waals surface area contributed by atoms with Gasteiger partial charge in [-0.1, -0.05) is 13.8 Å². The Morgan fingerprint density at radius 1 is 0.923 bits per heavy atom. The lowest BCUT2D eigenvalue weighted by atomic mass is 10.2. The summed E-state index contributed by atoms with van der Waals surface area (Å²) in [5.41, 5.74) is 3.98. The highest BCUT2D eigenvalue weighted by atomic mass is 14.9. The summed E-state index contributed by atoms with van der Waals surface area (Å²) < 4.78 is 2.19. The smallest absolute Gasteiger partial charge is 0.178 e. The summed E-state index contributed by atoms with van der Waals surface area (Å²) in [5.74, 6) is 0. The molecule has 0 bridgehead atoms. The molecule has 0 saturated carbocycles. The van der Waals surface area contributed by atoms with Crippen LogP contribution in [-0.4, -0.2) is 0 Å². The maximum atomic E-state index is 2.19. The van der Waals surface area contributed by atoms with Gasteiger partial charge in [0.05, 0.1) is 0 Å². The molecule has 1 aromatic heterocycles. The van der Waals surface area contributed by atoms with Crippen molar-refractivity contribution in [2.45, 2.75) is 34.6 Å². The summed E-state index contributed by atoms with van der Waals surface area (Å²) in [6.45, 7) is 10.4. The van der Waals surface area contributed by atoms with Crippen molar-refractivity contribution in [3.63, 3.8) is 0 Å². The summed E-state index contributed by atoms with van der Waals surface area (Å²) in [6, 6.07) is 4.38. The standard InChI is InChI=1S/C9H14N.C2H6.CH3/c1-7-5-8(2)10(4)9(3)6-7;1-2;/h5-6H,1-4H3;1-2H3;1H3/q+1;;-1. The van der Waals surface area contributed by atoms with E-state index in [4.69, 9.17) is 0 Å². The first-order valence-electron chi connectivity index (χ1n) is 4.55. The SMILES string of the molecule is CC.Cc1cc(C)[n+](C)c(C)c1.[CH3-]. The summed E-state index contributed by atoms with van der Waals surface area (Å²) >= 11 is 0. The van der Waals surface area contributed by atoms with Crippen molar-refractivity contribution in [2.75, 3.05) is 0 Å². The average molecular weight is 181 g/mol. The molecule has 0 aliphatic heterocycles. The molecule has 0 atom stereocenters. The van der Waals surface area contributed by atoms with Crippen LogP contribution in [0.15, 0.2) is 12.1 Å². The largest absolute Gasteiger partial charge is 0.358 e. The van der Waals surface area contributed by atoms with Gasteiger partial charge in [-0.15, -0.1) is 0 Å². The Labute approximate surface area is 83.4 Å². The molecule has 13 heavy (non-hydrogen) atoms. The number of aryl methyl sites for hydroxylation is 3. The van der Waals surface area contributed by atoms with Gasteiger partial charge in [-0.2, -0.15) is 0 Å². The van der Waals surface area contributed by atoms with E-state index in [1.54, 1.807) is 0 Å².